The number of rotatable bonds is 5. The number of hydrogen-bond donors (Lipinski definition) is 1. The zero-order valence-corrected chi connectivity index (χ0v) is 10.2. The molecule has 0 radical (unpaired) electrons. The number of aromatic nitrogens is 1. The molecule has 0 amide bonds. The molecule has 100 valence electrons. The van der Waals surface area contributed by atoms with Crippen molar-refractivity contribution < 1.29 is 17.9 Å². The van der Waals surface area contributed by atoms with E-state index in [0.717, 1.165) is 12.8 Å². The second kappa shape index (κ2) is 5.32. The first-order valence-corrected chi connectivity index (χ1v) is 5.90. The maximum absolute atomic E-state index is 12.0. The number of hydrogen-bond acceptors (Lipinski definition) is 3. The molecular formula is C11H12ClF3N2O. The normalized spacial score (nSPS) is 15.8. The van der Waals surface area contributed by atoms with Crippen LogP contribution in [-0.2, 0) is 6.54 Å². The Morgan fingerprint density at radius 1 is 1.39 bits per heavy atom. The van der Waals surface area contributed by atoms with Crippen LogP contribution in [0.2, 0.25) is 5.02 Å². The van der Waals surface area contributed by atoms with Crippen LogP contribution in [-0.4, -0.2) is 23.8 Å². The lowest BCUT2D eigenvalue weighted by Gasteiger charge is -2.10. The van der Waals surface area contributed by atoms with E-state index in [4.69, 9.17) is 11.6 Å². The average molecular weight is 281 g/mol. The molecule has 3 nitrogen and oxygen atoms in total. The van der Waals surface area contributed by atoms with Gasteiger partial charge >= 0.3 is 6.18 Å². The van der Waals surface area contributed by atoms with E-state index >= 15 is 0 Å². The molecule has 0 atom stereocenters. The van der Waals surface area contributed by atoms with Gasteiger partial charge in [-0.25, -0.2) is 4.98 Å². The Morgan fingerprint density at radius 3 is 2.72 bits per heavy atom. The molecule has 1 aliphatic carbocycles. The van der Waals surface area contributed by atoms with E-state index in [9.17, 15) is 13.2 Å². The molecular weight excluding hydrogens is 269 g/mol. The molecule has 0 aromatic carbocycles. The minimum Gasteiger partial charge on any atom is -0.468 e. The molecule has 0 spiro atoms. The van der Waals surface area contributed by atoms with Gasteiger partial charge in [0, 0.05) is 18.7 Å². The van der Waals surface area contributed by atoms with Gasteiger partial charge in [0.25, 0.3) is 0 Å². The highest BCUT2D eigenvalue weighted by Gasteiger charge is 2.28. The van der Waals surface area contributed by atoms with E-state index in [1.807, 2.05) is 0 Å². The van der Waals surface area contributed by atoms with Gasteiger partial charge in [0.15, 0.2) is 6.61 Å². The summed E-state index contributed by atoms with van der Waals surface area (Å²) in [5, 5.41) is 3.61. The van der Waals surface area contributed by atoms with E-state index in [-0.39, 0.29) is 5.88 Å². The summed E-state index contributed by atoms with van der Waals surface area (Å²) in [6, 6.07) is 3.29. The van der Waals surface area contributed by atoms with E-state index < -0.39 is 12.8 Å². The molecule has 1 fully saturated rings. The van der Waals surface area contributed by atoms with Crippen molar-refractivity contribution in [3.63, 3.8) is 0 Å². The minimum atomic E-state index is -4.37. The van der Waals surface area contributed by atoms with Crippen molar-refractivity contribution in [2.75, 3.05) is 6.61 Å². The van der Waals surface area contributed by atoms with Gasteiger partial charge in [0.1, 0.15) is 0 Å². The quantitative estimate of drug-likeness (QED) is 0.900. The van der Waals surface area contributed by atoms with Gasteiger partial charge in [-0.05, 0) is 18.9 Å². The number of nitrogens with zero attached hydrogens (tertiary/aromatic N) is 1. The maximum atomic E-state index is 12.0. The van der Waals surface area contributed by atoms with Crippen molar-refractivity contribution in [2.24, 2.45) is 0 Å². The Hall–Kier alpha value is -1.01. The minimum absolute atomic E-state index is 0.0654. The molecule has 1 aromatic rings. The van der Waals surface area contributed by atoms with Crippen LogP contribution in [0.1, 0.15) is 18.5 Å². The lowest BCUT2D eigenvalue weighted by molar-refractivity contribution is -0.154. The molecule has 18 heavy (non-hydrogen) atoms. The largest absolute Gasteiger partial charge is 0.468 e. The van der Waals surface area contributed by atoms with Crippen LogP contribution in [0.3, 0.4) is 0 Å². The van der Waals surface area contributed by atoms with Crippen LogP contribution in [0.15, 0.2) is 12.1 Å². The van der Waals surface area contributed by atoms with Crippen LogP contribution in [0.5, 0.6) is 5.88 Å². The predicted octanol–water partition coefficient (Wildman–Crippen LogP) is 2.93. The fourth-order valence-electron chi connectivity index (χ4n) is 1.35. The Labute approximate surface area is 107 Å². The lowest BCUT2D eigenvalue weighted by Crippen LogP contribution is -2.20. The fraction of sp³-hybridized carbons (Fsp3) is 0.545. The van der Waals surface area contributed by atoms with E-state index in [2.05, 4.69) is 15.0 Å². The first kappa shape index (κ1) is 13.4. The van der Waals surface area contributed by atoms with Gasteiger partial charge in [-0.2, -0.15) is 13.2 Å². The van der Waals surface area contributed by atoms with Gasteiger partial charge in [0.2, 0.25) is 5.88 Å². The third-order valence-electron chi connectivity index (χ3n) is 2.41. The summed E-state index contributed by atoms with van der Waals surface area (Å²) in [5.74, 6) is -0.0654. The van der Waals surface area contributed by atoms with Gasteiger partial charge in [0.05, 0.1) is 10.7 Å². The van der Waals surface area contributed by atoms with E-state index in [0.29, 0.717) is 23.3 Å². The highest BCUT2D eigenvalue weighted by atomic mass is 35.5. The third-order valence-corrected chi connectivity index (χ3v) is 2.76. The standard InChI is InChI=1S/C11H12ClF3N2O/c12-8-3-4-10(18-6-11(13,14)15)17-9(8)5-16-7-1-2-7/h3-4,7,16H,1-2,5-6H2. The molecule has 1 N–H and O–H groups in total. The zero-order valence-electron chi connectivity index (χ0n) is 9.43. The van der Waals surface area contributed by atoms with Gasteiger partial charge in [-0.15, -0.1) is 0 Å². The van der Waals surface area contributed by atoms with Crippen LogP contribution < -0.4 is 10.1 Å². The Bertz CT molecular complexity index is 421. The summed E-state index contributed by atoms with van der Waals surface area (Å²) in [7, 11) is 0. The molecule has 1 aromatic heterocycles. The van der Waals surface area contributed by atoms with Crippen LogP contribution >= 0.6 is 11.6 Å². The second-order valence-corrected chi connectivity index (χ2v) is 4.54. The summed E-state index contributed by atoms with van der Waals surface area (Å²) >= 11 is 5.91. The molecule has 1 aliphatic rings. The summed E-state index contributed by atoms with van der Waals surface area (Å²) in [5.41, 5.74) is 0.503. The lowest BCUT2D eigenvalue weighted by atomic mass is 10.3. The van der Waals surface area contributed by atoms with Crippen molar-refractivity contribution in [1.29, 1.82) is 0 Å². The molecule has 1 saturated carbocycles. The van der Waals surface area contributed by atoms with Crippen LogP contribution in [0.25, 0.3) is 0 Å². The van der Waals surface area contributed by atoms with Gasteiger partial charge in [-0.1, -0.05) is 11.6 Å². The van der Waals surface area contributed by atoms with Crippen molar-refractivity contribution in [1.82, 2.24) is 10.3 Å². The van der Waals surface area contributed by atoms with E-state index in [1.54, 1.807) is 0 Å². The predicted molar refractivity (Wildman–Crippen MR) is 60.7 cm³/mol. The number of halogens is 4. The second-order valence-electron chi connectivity index (χ2n) is 4.14. The SMILES string of the molecule is FC(F)(F)COc1ccc(Cl)c(CNC2CC2)n1. The van der Waals surface area contributed by atoms with Crippen LogP contribution in [0.4, 0.5) is 13.2 Å². The van der Waals surface area contributed by atoms with Gasteiger partial charge < -0.3 is 10.1 Å². The maximum Gasteiger partial charge on any atom is 0.422 e. The summed E-state index contributed by atoms with van der Waals surface area (Å²) in [4.78, 5) is 3.96. The molecule has 0 unspecified atom stereocenters. The number of nitrogens with one attached hydrogen (secondary N) is 1. The molecule has 0 aliphatic heterocycles. The number of ether oxygens (including phenoxy) is 1. The topological polar surface area (TPSA) is 34.1 Å². The van der Waals surface area contributed by atoms with Crippen molar-refractivity contribution in [2.45, 2.75) is 31.6 Å². The van der Waals surface area contributed by atoms with E-state index in [1.165, 1.54) is 12.1 Å². The summed E-state index contributed by atoms with van der Waals surface area (Å²) in [6.45, 7) is -0.913. The van der Waals surface area contributed by atoms with Crippen LogP contribution in [0, 0.1) is 0 Å². The third kappa shape index (κ3) is 4.34. The molecule has 0 saturated heterocycles. The number of pyridine rings is 1. The average Bonchev–Trinajstić information content (AvgIpc) is 3.09. The molecule has 2 rings (SSSR count). The zero-order chi connectivity index (χ0) is 13.2. The highest BCUT2D eigenvalue weighted by Crippen LogP contribution is 2.23. The van der Waals surface area contributed by atoms with Gasteiger partial charge in [-0.3, -0.25) is 0 Å². The summed E-state index contributed by atoms with van der Waals surface area (Å²) < 4.78 is 40.5. The Balaban J connectivity index is 1.95. The van der Waals surface area contributed by atoms with Crippen molar-refractivity contribution in [3.8, 4) is 5.88 Å². The fourth-order valence-corrected chi connectivity index (χ4v) is 1.52. The molecule has 0 bridgehead atoms. The summed E-state index contributed by atoms with van der Waals surface area (Å²) in [6.07, 6.45) is -2.14. The first-order chi connectivity index (χ1) is 8.44. The van der Waals surface area contributed by atoms with Crippen molar-refractivity contribution >= 4 is 11.6 Å². The number of alkyl halides is 3. The Kier molecular flexibility index (Phi) is 3.97. The Morgan fingerprint density at radius 2 is 2.11 bits per heavy atom. The monoisotopic (exact) mass is 280 g/mol. The smallest absolute Gasteiger partial charge is 0.422 e. The molecule has 7 heteroatoms. The molecule has 1 heterocycles. The van der Waals surface area contributed by atoms with Crippen molar-refractivity contribution in [3.05, 3.63) is 22.8 Å². The highest BCUT2D eigenvalue weighted by molar-refractivity contribution is 6.31. The first-order valence-electron chi connectivity index (χ1n) is 5.52.